The van der Waals surface area contributed by atoms with E-state index in [-0.39, 0.29) is 11.5 Å². The highest BCUT2D eigenvalue weighted by Crippen LogP contribution is 2.27. The van der Waals surface area contributed by atoms with Gasteiger partial charge in [-0.1, -0.05) is 41.9 Å². The summed E-state index contributed by atoms with van der Waals surface area (Å²) in [5, 5.41) is 5.91. The Morgan fingerprint density at radius 2 is 1.71 bits per heavy atom. The number of nitrogens with one attached hydrogen (secondary N) is 2. The Bertz CT molecular complexity index is 993. The largest absolute Gasteiger partial charge is 0.495 e. The molecule has 6 nitrogen and oxygen atoms in total. The first-order valence-electron chi connectivity index (χ1n) is 8.49. The standard InChI is InChI=1S/C21H18ClN3O3/c1-28-19-8-7-17(10-18(19)22)25-21(27)16-9-15(12-23-13-16)20(26)24-11-14-5-3-2-4-6-14/h2-10,12-13H,11H2,1H3,(H,24,26)(H,25,27). The zero-order valence-corrected chi connectivity index (χ0v) is 15.9. The molecule has 0 aliphatic rings. The van der Waals surface area contributed by atoms with E-state index in [1.807, 2.05) is 30.3 Å². The Balaban J connectivity index is 1.67. The van der Waals surface area contributed by atoms with Gasteiger partial charge in [0.1, 0.15) is 5.75 Å². The van der Waals surface area contributed by atoms with Crippen LogP contribution < -0.4 is 15.4 Å². The molecule has 28 heavy (non-hydrogen) atoms. The lowest BCUT2D eigenvalue weighted by molar-refractivity contribution is 0.0950. The van der Waals surface area contributed by atoms with Crippen LogP contribution in [0.25, 0.3) is 0 Å². The average Bonchev–Trinajstić information content (AvgIpc) is 2.73. The van der Waals surface area contributed by atoms with Gasteiger partial charge < -0.3 is 15.4 Å². The number of benzene rings is 2. The molecule has 0 saturated carbocycles. The monoisotopic (exact) mass is 395 g/mol. The van der Waals surface area contributed by atoms with Crippen molar-refractivity contribution in [2.24, 2.45) is 0 Å². The summed E-state index contributed by atoms with van der Waals surface area (Å²) in [5.41, 5.74) is 2.06. The number of amides is 2. The maximum atomic E-state index is 12.5. The van der Waals surface area contributed by atoms with Gasteiger partial charge in [-0.2, -0.15) is 0 Å². The lowest BCUT2D eigenvalue weighted by atomic mass is 10.1. The Labute approximate surface area is 167 Å². The number of carbonyl (C=O) groups excluding carboxylic acids is 2. The van der Waals surface area contributed by atoms with E-state index in [4.69, 9.17) is 16.3 Å². The molecule has 0 unspecified atom stereocenters. The molecule has 0 atom stereocenters. The van der Waals surface area contributed by atoms with Crippen LogP contribution in [0.15, 0.2) is 67.0 Å². The highest BCUT2D eigenvalue weighted by molar-refractivity contribution is 6.32. The van der Waals surface area contributed by atoms with Crippen molar-refractivity contribution in [1.82, 2.24) is 10.3 Å². The number of methoxy groups -OCH3 is 1. The first-order valence-corrected chi connectivity index (χ1v) is 8.86. The maximum absolute atomic E-state index is 12.5. The van der Waals surface area contributed by atoms with Gasteiger partial charge in [0.15, 0.2) is 0 Å². The summed E-state index contributed by atoms with van der Waals surface area (Å²) < 4.78 is 5.09. The third-order valence-electron chi connectivity index (χ3n) is 3.97. The fourth-order valence-corrected chi connectivity index (χ4v) is 2.77. The van der Waals surface area contributed by atoms with E-state index >= 15 is 0 Å². The molecule has 142 valence electrons. The molecule has 0 fully saturated rings. The predicted molar refractivity (Wildman–Crippen MR) is 108 cm³/mol. The van der Waals surface area contributed by atoms with Crippen molar-refractivity contribution in [2.75, 3.05) is 12.4 Å². The third kappa shape index (κ3) is 4.86. The second kappa shape index (κ2) is 9.01. The van der Waals surface area contributed by atoms with Crippen LogP contribution in [0.4, 0.5) is 5.69 Å². The summed E-state index contributed by atoms with van der Waals surface area (Å²) in [5.74, 6) is -0.191. The van der Waals surface area contributed by atoms with E-state index in [1.165, 1.54) is 25.6 Å². The van der Waals surface area contributed by atoms with Gasteiger partial charge in [0.2, 0.25) is 0 Å². The predicted octanol–water partition coefficient (Wildman–Crippen LogP) is 3.93. The maximum Gasteiger partial charge on any atom is 0.257 e. The Hall–Kier alpha value is -3.38. The summed E-state index contributed by atoms with van der Waals surface area (Å²) >= 11 is 6.07. The van der Waals surface area contributed by atoms with Crippen molar-refractivity contribution in [3.63, 3.8) is 0 Å². The fourth-order valence-electron chi connectivity index (χ4n) is 2.52. The molecule has 1 heterocycles. The van der Waals surface area contributed by atoms with Crippen LogP contribution in [-0.4, -0.2) is 23.9 Å². The van der Waals surface area contributed by atoms with E-state index in [0.717, 1.165) is 5.56 Å². The first-order chi connectivity index (χ1) is 13.6. The van der Waals surface area contributed by atoms with Crippen molar-refractivity contribution in [1.29, 1.82) is 0 Å². The van der Waals surface area contributed by atoms with Crippen LogP contribution in [0.5, 0.6) is 5.75 Å². The van der Waals surface area contributed by atoms with Crippen LogP contribution >= 0.6 is 11.6 Å². The SMILES string of the molecule is COc1ccc(NC(=O)c2cncc(C(=O)NCc3ccccc3)c2)cc1Cl. The molecule has 2 N–H and O–H groups in total. The molecule has 7 heteroatoms. The number of ether oxygens (including phenoxy) is 1. The van der Waals surface area contributed by atoms with Gasteiger partial charge in [-0.15, -0.1) is 0 Å². The summed E-state index contributed by atoms with van der Waals surface area (Å²) in [7, 11) is 1.51. The van der Waals surface area contributed by atoms with E-state index in [9.17, 15) is 9.59 Å². The van der Waals surface area contributed by atoms with E-state index in [0.29, 0.717) is 28.6 Å². The van der Waals surface area contributed by atoms with Crippen LogP contribution in [0.2, 0.25) is 5.02 Å². The van der Waals surface area contributed by atoms with E-state index in [1.54, 1.807) is 18.2 Å². The first kappa shape index (κ1) is 19.4. The molecule has 2 aromatic carbocycles. The van der Waals surface area contributed by atoms with Gasteiger partial charge in [-0.25, -0.2) is 0 Å². The van der Waals surface area contributed by atoms with Crippen molar-refractivity contribution in [2.45, 2.75) is 6.54 Å². The molecular weight excluding hydrogens is 378 g/mol. The van der Waals surface area contributed by atoms with Gasteiger partial charge in [0.25, 0.3) is 11.8 Å². The molecule has 1 aromatic heterocycles. The van der Waals surface area contributed by atoms with Gasteiger partial charge in [0, 0.05) is 24.6 Å². The quantitative estimate of drug-likeness (QED) is 0.662. The van der Waals surface area contributed by atoms with Crippen LogP contribution in [0.3, 0.4) is 0 Å². The number of hydrogen-bond acceptors (Lipinski definition) is 4. The highest BCUT2D eigenvalue weighted by atomic mass is 35.5. The topological polar surface area (TPSA) is 80.3 Å². The van der Waals surface area contributed by atoms with Crippen molar-refractivity contribution in [3.05, 3.63) is 88.7 Å². The molecule has 0 bridgehead atoms. The van der Waals surface area contributed by atoms with Crippen molar-refractivity contribution < 1.29 is 14.3 Å². The number of pyridine rings is 1. The highest BCUT2D eigenvalue weighted by Gasteiger charge is 2.12. The Morgan fingerprint density at radius 1 is 1.00 bits per heavy atom. The minimum Gasteiger partial charge on any atom is -0.495 e. The minimum atomic E-state index is -0.397. The second-order valence-electron chi connectivity index (χ2n) is 5.93. The van der Waals surface area contributed by atoms with E-state index in [2.05, 4.69) is 15.6 Å². The van der Waals surface area contributed by atoms with Gasteiger partial charge >= 0.3 is 0 Å². The number of nitrogens with zero attached hydrogens (tertiary/aromatic N) is 1. The number of hydrogen-bond donors (Lipinski definition) is 2. The number of anilines is 1. The summed E-state index contributed by atoms with van der Waals surface area (Å²) in [6, 6.07) is 16.0. The molecule has 0 aliphatic heterocycles. The van der Waals surface area contributed by atoms with Crippen molar-refractivity contribution in [3.8, 4) is 5.75 Å². The van der Waals surface area contributed by atoms with Crippen LogP contribution in [0.1, 0.15) is 26.3 Å². The number of aromatic nitrogens is 1. The second-order valence-corrected chi connectivity index (χ2v) is 6.34. The van der Waals surface area contributed by atoms with E-state index < -0.39 is 5.91 Å². The van der Waals surface area contributed by atoms with Crippen LogP contribution in [-0.2, 0) is 6.54 Å². The van der Waals surface area contributed by atoms with Gasteiger partial charge in [0.05, 0.1) is 23.3 Å². The fraction of sp³-hybridized carbons (Fsp3) is 0.0952. The Morgan fingerprint density at radius 3 is 2.39 bits per heavy atom. The van der Waals surface area contributed by atoms with Gasteiger partial charge in [-0.3, -0.25) is 14.6 Å². The summed E-state index contributed by atoms with van der Waals surface area (Å²) in [6.07, 6.45) is 2.82. The third-order valence-corrected chi connectivity index (χ3v) is 4.26. The minimum absolute atomic E-state index is 0.263. The van der Waals surface area contributed by atoms with Crippen molar-refractivity contribution >= 4 is 29.1 Å². The summed E-state index contributed by atoms with van der Waals surface area (Å²) in [6.45, 7) is 0.389. The molecule has 0 saturated heterocycles. The molecule has 0 radical (unpaired) electrons. The zero-order chi connectivity index (χ0) is 19.9. The smallest absolute Gasteiger partial charge is 0.257 e. The summed E-state index contributed by atoms with van der Waals surface area (Å²) in [4.78, 5) is 28.8. The zero-order valence-electron chi connectivity index (χ0n) is 15.1. The number of rotatable bonds is 6. The van der Waals surface area contributed by atoms with Gasteiger partial charge in [-0.05, 0) is 29.8 Å². The number of carbonyl (C=O) groups is 2. The average molecular weight is 396 g/mol. The molecule has 0 aliphatic carbocycles. The van der Waals surface area contributed by atoms with Crippen LogP contribution in [0, 0.1) is 0 Å². The Kier molecular flexibility index (Phi) is 6.24. The lowest BCUT2D eigenvalue weighted by Gasteiger charge is -2.09. The molecule has 2 amide bonds. The normalized spacial score (nSPS) is 10.2. The molecule has 3 aromatic rings. The molecule has 3 rings (SSSR count). The number of halogens is 1. The molecular formula is C21H18ClN3O3. The molecule has 0 spiro atoms. The lowest BCUT2D eigenvalue weighted by Crippen LogP contribution is -2.23.